The minimum absolute atomic E-state index is 0.0181. The van der Waals surface area contributed by atoms with Crippen molar-refractivity contribution in [2.24, 2.45) is 0 Å². The molecular weight excluding hydrogens is 416 g/mol. The molecule has 0 aliphatic carbocycles. The van der Waals surface area contributed by atoms with Gasteiger partial charge in [0.15, 0.2) is 0 Å². The number of nitrogens with zero attached hydrogens (tertiary/aromatic N) is 2. The fourth-order valence-electron chi connectivity index (χ4n) is 4.30. The number of hydrazine groups is 1. The summed E-state index contributed by atoms with van der Waals surface area (Å²) >= 11 is 0. The summed E-state index contributed by atoms with van der Waals surface area (Å²) in [5, 5.41) is 0. The third-order valence-electron chi connectivity index (χ3n) is 5.85. The number of carbonyl (C=O) groups is 3. The number of rotatable bonds is 4. The summed E-state index contributed by atoms with van der Waals surface area (Å²) < 4.78 is 1.99. The van der Waals surface area contributed by atoms with E-state index in [2.05, 4.69) is 10.9 Å². The molecule has 3 aromatic rings. The van der Waals surface area contributed by atoms with Gasteiger partial charge in [0.05, 0.1) is 18.0 Å². The Labute approximate surface area is 192 Å². The summed E-state index contributed by atoms with van der Waals surface area (Å²) in [7, 11) is 0. The first kappa shape index (κ1) is 22.1. The maximum Gasteiger partial charge on any atom is 0.271 e. The van der Waals surface area contributed by atoms with Gasteiger partial charge in [0, 0.05) is 30.2 Å². The maximum absolute atomic E-state index is 12.8. The Morgan fingerprint density at radius 3 is 2.36 bits per heavy atom. The van der Waals surface area contributed by atoms with E-state index in [1.54, 1.807) is 12.3 Å². The molecule has 1 unspecified atom stereocenters. The first-order valence-electron chi connectivity index (χ1n) is 10.8. The van der Waals surface area contributed by atoms with Crippen LogP contribution in [0.5, 0.6) is 0 Å². The number of aryl methyl sites for hydroxylation is 1. The molecule has 0 bridgehead atoms. The van der Waals surface area contributed by atoms with Crippen molar-refractivity contribution in [3.05, 3.63) is 94.9 Å². The van der Waals surface area contributed by atoms with Crippen LogP contribution in [0.3, 0.4) is 0 Å². The van der Waals surface area contributed by atoms with E-state index in [0.29, 0.717) is 5.56 Å². The molecule has 1 atom stereocenters. The van der Waals surface area contributed by atoms with Gasteiger partial charge in [-0.05, 0) is 49.2 Å². The van der Waals surface area contributed by atoms with Gasteiger partial charge in [0.2, 0.25) is 11.8 Å². The van der Waals surface area contributed by atoms with Crippen molar-refractivity contribution in [2.45, 2.75) is 33.2 Å². The molecule has 1 aliphatic heterocycles. The summed E-state index contributed by atoms with van der Waals surface area (Å²) in [4.78, 5) is 39.2. The van der Waals surface area contributed by atoms with Gasteiger partial charge < -0.3 is 9.47 Å². The number of fused-ring (bicyclic) bond motifs is 1. The third kappa shape index (κ3) is 4.43. The van der Waals surface area contributed by atoms with Crippen LogP contribution in [0.4, 0.5) is 0 Å². The van der Waals surface area contributed by atoms with Crippen molar-refractivity contribution in [3.63, 3.8) is 0 Å². The van der Waals surface area contributed by atoms with Gasteiger partial charge in [-0.1, -0.05) is 42.5 Å². The van der Waals surface area contributed by atoms with E-state index in [1.165, 1.54) is 11.8 Å². The van der Waals surface area contributed by atoms with Gasteiger partial charge in [0.25, 0.3) is 5.91 Å². The highest BCUT2D eigenvalue weighted by atomic mass is 16.2. The van der Waals surface area contributed by atoms with Gasteiger partial charge in [-0.3, -0.25) is 25.2 Å². The summed E-state index contributed by atoms with van der Waals surface area (Å²) in [5.41, 5.74) is 10.0. The van der Waals surface area contributed by atoms with E-state index in [9.17, 15) is 14.4 Å². The molecule has 33 heavy (non-hydrogen) atoms. The Bertz CT molecular complexity index is 1240. The number of hydrogen-bond acceptors (Lipinski definition) is 3. The number of para-hydroxylation sites is 1. The number of benzene rings is 2. The SMILES string of the molecule is CC(=O)N1C=Cc2ccccc2C1CC(=O)NNC(=O)c1cc(C)n(-c2ccccc2)c1C. The average molecular weight is 443 g/mol. The van der Waals surface area contributed by atoms with E-state index in [0.717, 1.165) is 28.2 Å². The van der Waals surface area contributed by atoms with E-state index in [1.807, 2.05) is 79.1 Å². The summed E-state index contributed by atoms with van der Waals surface area (Å²) in [6.07, 6.45) is 3.57. The molecule has 0 saturated heterocycles. The topological polar surface area (TPSA) is 83.4 Å². The fraction of sp³-hybridized carbons (Fsp3) is 0.192. The van der Waals surface area contributed by atoms with Crippen LogP contribution in [0, 0.1) is 13.8 Å². The molecule has 168 valence electrons. The van der Waals surface area contributed by atoms with Gasteiger partial charge in [-0.25, -0.2) is 0 Å². The fourth-order valence-corrected chi connectivity index (χ4v) is 4.30. The quantitative estimate of drug-likeness (QED) is 0.603. The van der Waals surface area contributed by atoms with E-state index in [4.69, 9.17) is 0 Å². The van der Waals surface area contributed by atoms with Crippen LogP contribution in [-0.4, -0.2) is 27.2 Å². The molecule has 7 nitrogen and oxygen atoms in total. The molecule has 2 N–H and O–H groups in total. The minimum Gasteiger partial charge on any atom is -0.318 e. The van der Waals surface area contributed by atoms with Crippen molar-refractivity contribution in [2.75, 3.05) is 0 Å². The summed E-state index contributed by atoms with van der Waals surface area (Å²) in [5.74, 6) is -0.941. The predicted octanol–water partition coefficient (Wildman–Crippen LogP) is 3.82. The van der Waals surface area contributed by atoms with Crippen LogP contribution in [0.15, 0.2) is 66.9 Å². The molecular formula is C26H26N4O3. The molecule has 0 fully saturated rings. The molecule has 1 aromatic heterocycles. The van der Waals surface area contributed by atoms with Crippen molar-refractivity contribution in [1.82, 2.24) is 20.3 Å². The second kappa shape index (κ2) is 9.16. The maximum atomic E-state index is 12.8. The molecule has 3 amide bonds. The van der Waals surface area contributed by atoms with E-state index in [-0.39, 0.29) is 18.2 Å². The summed E-state index contributed by atoms with van der Waals surface area (Å²) in [6, 6.07) is 18.8. The van der Waals surface area contributed by atoms with Crippen LogP contribution in [0.1, 0.15) is 52.3 Å². The van der Waals surface area contributed by atoms with E-state index >= 15 is 0 Å². The van der Waals surface area contributed by atoms with E-state index < -0.39 is 11.9 Å². The average Bonchev–Trinajstić information content (AvgIpc) is 3.11. The van der Waals surface area contributed by atoms with Crippen molar-refractivity contribution in [1.29, 1.82) is 0 Å². The number of aromatic nitrogens is 1. The lowest BCUT2D eigenvalue weighted by atomic mass is 9.93. The highest BCUT2D eigenvalue weighted by molar-refractivity contribution is 5.97. The number of hydrogen-bond donors (Lipinski definition) is 2. The van der Waals surface area contributed by atoms with Crippen LogP contribution < -0.4 is 10.9 Å². The summed E-state index contributed by atoms with van der Waals surface area (Å²) in [6.45, 7) is 5.26. The second-order valence-corrected chi connectivity index (χ2v) is 8.05. The Morgan fingerprint density at radius 1 is 0.939 bits per heavy atom. The second-order valence-electron chi connectivity index (χ2n) is 8.05. The molecule has 2 aromatic carbocycles. The lowest BCUT2D eigenvalue weighted by Gasteiger charge is -2.32. The number of nitrogens with one attached hydrogen (secondary N) is 2. The highest BCUT2D eigenvalue weighted by Gasteiger charge is 2.28. The molecule has 7 heteroatoms. The largest absolute Gasteiger partial charge is 0.318 e. The van der Waals surface area contributed by atoms with Crippen molar-refractivity contribution in [3.8, 4) is 5.69 Å². The zero-order valence-electron chi connectivity index (χ0n) is 18.8. The zero-order chi connectivity index (χ0) is 23.5. The molecule has 0 saturated carbocycles. The van der Waals surface area contributed by atoms with Crippen LogP contribution >= 0.6 is 0 Å². The third-order valence-corrected chi connectivity index (χ3v) is 5.85. The first-order valence-corrected chi connectivity index (χ1v) is 10.8. The van der Waals surface area contributed by atoms with Crippen LogP contribution in [0.25, 0.3) is 11.8 Å². The zero-order valence-corrected chi connectivity index (χ0v) is 18.8. The van der Waals surface area contributed by atoms with Gasteiger partial charge in [0.1, 0.15) is 0 Å². The van der Waals surface area contributed by atoms with Crippen LogP contribution in [-0.2, 0) is 9.59 Å². The number of amides is 3. The predicted molar refractivity (Wildman–Crippen MR) is 126 cm³/mol. The Morgan fingerprint density at radius 2 is 1.64 bits per heavy atom. The normalized spacial score (nSPS) is 14.5. The van der Waals surface area contributed by atoms with Gasteiger partial charge in [-0.2, -0.15) is 0 Å². The Kier molecular flexibility index (Phi) is 6.13. The minimum atomic E-state index is -0.441. The first-order chi connectivity index (χ1) is 15.9. The number of carbonyl (C=O) groups excluding carboxylic acids is 3. The standard InChI is InChI=1S/C26H26N4O3/c1-17-15-23(18(2)30(17)21-10-5-4-6-11-21)26(33)28-27-25(32)16-24-22-12-8-7-9-20(22)13-14-29(24)19(3)31/h4-15,24H,16H2,1-3H3,(H,27,32)(H,28,33). The smallest absolute Gasteiger partial charge is 0.271 e. The Hall–Kier alpha value is -4.13. The lowest BCUT2D eigenvalue weighted by molar-refractivity contribution is -0.130. The molecule has 2 heterocycles. The molecule has 0 spiro atoms. The highest BCUT2D eigenvalue weighted by Crippen LogP contribution is 2.32. The molecule has 1 aliphatic rings. The molecule has 0 radical (unpaired) electrons. The Balaban J connectivity index is 1.46. The van der Waals surface area contributed by atoms with Crippen molar-refractivity contribution >= 4 is 23.8 Å². The van der Waals surface area contributed by atoms with Crippen molar-refractivity contribution < 1.29 is 14.4 Å². The van der Waals surface area contributed by atoms with Gasteiger partial charge >= 0.3 is 0 Å². The molecule has 4 rings (SSSR count). The van der Waals surface area contributed by atoms with Crippen LogP contribution in [0.2, 0.25) is 0 Å². The van der Waals surface area contributed by atoms with Gasteiger partial charge in [-0.15, -0.1) is 0 Å². The monoisotopic (exact) mass is 442 g/mol. The lowest BCUT2D eigenvalue weighted by Crippen LogP contribution is -2.43.